The molecule has 0 N–H and O–H groups in total. The maximum Gasteiger partial charge on any atom is 0.211 e. The highest BCUT2D eigenvalue weighted by Gasteiger charge is 2.37. The number of rotatable bonds is 7. The van der Waals surface area contributed by atoms with Gasteiger partial charge in [-0.2, -0.15) is 0 Å². The molecule has 2 atom stereocenters. The van der Waals surface area contributed by atoms with Gasteiger partial charge in [0.05, 0.1) is 11.8 Å². The van der Waals surface area contributed by atoms with Crippen LogP contribution in [0.3, 0.4) is 0 Å². The van der Waals surface area contributed by atoms with Gasteiger partial charge in [-0.25, -0.2) is 0 Å². The Hall–Kier alpha value is -2.82. The zero-order chi connectivity index (χ0) is 16.8. The zero-order valence-corrected chi connectivity index (χ0v) is 12.7. The summed E-state index contributed by atoms with van der Waals surface area (Å²) in [5.74, 6) is -2.59. The predicted molar refractivity (Wildman–Crippen MR) is 86.0 cm³/mol. The second kappa shape index (κ2) is 7.45. The Balaban J connectivity index is 2.45. The summed E-state index contributed by atoms with van der Waals surface area (Å²) >= 11 is 0. The Labute approximate surface area is 134 Å². The van der Waals surface area contributed by atoms with E-state index >= 15 is 0 Å². The van der Waals surface area contributed by atoms with E-state index in [9.17, 15) is 19.7 Å². The number of hydrogen-bond donors (Lipinski definition) is 0. The standard InChI is InChI=1S/C18H17NO4/c1-13(20)17(18(21)15-10-6-3-7-11-15)16(12-19(22)23)14-8-4-2-5-9-14/h2-11,16-17H,12H2,1H3/t16-,17+/m0/s1. The summed E-state index contributed by atoms with van der Waals surface area (Å²) in [6, 6.07) is 17.1. The van der Waals surface area contributed by atoms with Gasteiger partial charge in [-0.3, -0.25) is 19.7 Å². The van der Waals surface area contributed by atoms with Gasteiger partial charge in [0.25, 0.3) is 0 Å². The molecule has 118 valence electrons. The third-order valence-electron chi connectivity index (χ3n) is 3.75. The van der Waals surface area contributed by atoms with Crippen molar-refractivity contribution in [3.8, 4) is 0 Å². The van der Waals surface area contributed by atoms with Gasteiger partial charge in [0.1, 0.15) is 5.78 Å². The predicted octanol–water partition coefficient (Wildman–Crippen LogP) is 3.14. The number of carbonyl (C=O) groups is 2. The van der Waals surface area contributed by atoms with Gasteiger partial charge < -0.3 is 0 Å². The molecule has 0 aromatic heterocycles. The Kier molecular flexibility index (Phi) is 5.36. The van der Waals surface area contributed by atoms with E-state index < -0.39 is 23.3 Å². The normalized spacial score (nSPS) is 13.1. The smallest absolute Gasteiger partial charge is 0.211 e. The van der Waals surface area contributed by atoms with Crippen LogP contribution in [0, 0.1) is 16.0 Å². The number of carbonyl (C=O) groups excluding carboxylic acids is 2. The van der Waals surface area contributed by atoms with E-state index in [0.29, 0.717) is 11.1 Å². The maximum atomic E-state index is 12.7. The van der Waals surface area contributed by atoms with Crippen LogP contribution in [0.4, 0.5) is 0 Å². The summed E-state index contributed by atoms with van der Waals surface area (Å²) in [6.45, 7) is 0.841. The average molecular weight is 311 g/mol. The first-order valence-electron chi connectivity index (χ1n) is 7.27. The second-order valence-corrected chi connectivity index (χ2v) is 5.35. The Morgan fingerprint density at radius 2 is 1.52 bits per heavy atom. The van der Waals surface area contributed by atoms with E-state index in [1.807, 2.05) is 0 Å². The van der Waals surface area contributed by atoms with Gasteiger partial charge in [0, 0.05) is 10.5 Å². The van der Waals surface area contributed by atoms with Crippen molar-refractivity contribution in [3.05, 3.63) is 81.9 Å². The largest absolute Gasteiger partial charge is 0.299 e. The van der Waals surface area contributed by atoms with Crippen LogP contribution in [0.25, 0.3) is 0 Å². The van der Waals surface area contributed by atoms with E-state index in [0.717, 1.165) is 0 Å². The Morgan fingerprint density at radius 3 is 2.00 bits per heavy atom. The van der Waals surface area contributed by atoms with Crippen LogP contribution in [0.2, 0.25) is 0 Å². The molecular formula is C18H17NO4. The first-order chi connectivity index (χ1) is 11.0. The molecule has 0 saturated heterocycles. The minimum atomic E-state index is -1.06. The summed E-state index contributed by atoms with van der Waals surface area (Å²) in [5.41, 5.74) is 1.01. The Morgan fingerprint density at radius 1 is 1.00 bits per heavy atom. The van der Waals surface area contributed by atoms with Crippen molar-refractivity contribution in [3.63, 3.8) is 0 Å². The van der Waals surface area contributed by atoms with Gasteiger partial charge in [-0.05, 0) is 12.5 Å². The number of nitrogens with zero attached hydrogens (tertiary/aromatic N) is 1. The number of nitro groups is 1. The summed E-state index contributed by atoms with van der Waals surface area (Å²) in [4.78, 5) is 35.4. The molecule has 0 amide bonds. The number of Topliss-reactive ketones (excluding diaryl/α,β-unsaturated/α-hetero) is 2. The topological polar surface area (TPSA) is 77.3 Å². The molecule has 2 aromatic rings. The molecule has 0 saturated carbocycles. The van der Waals surface area contributed by atoms with E-state index in [1.165, 1.54) is 6.92 Å². The molecule has 0 aliphatic rings. The fourth-order valence-corrected chi connectivity index (χ4v) is 2.70. The Bertz CT molecular complexity index is 697. The van der Waals surface area contributed by atoms with Crippen LogP contribution in [-0.4, -0.2) is 23.0 Å². The van der Waals surface area contributed by atoms with E-state index in [2.05, 4.69) is 0 Å². The number of benzene rings is 2. The van der Waals surface area contributed by atoms with Crippen LogP contribution >= 0.6 is 0 Å². The highest BCUT2D eigenvalue weighted by atomic mass is 16.6. The van der Waals surface area contributed by atoms with Gasteiger partial charge in [0.15, 0.2) is 5.78 Å². The highest BCUT2D eigenvalue weighted by Crippen LogP contribution is 2.29. The van der Waals surface area contributed by atoms with Crippen molar-refractivity contribution >= 4 is 11.6 Å². The lowest BCUT2D eigenvalue weighted by atomic mass is 9.79. The lowest BCUT2D eigenvalue weighted by Gasteiger charge is -2.21. The van der Waals surface area contributed by atoms with Crippen molar-refractivity contribution in [1.82, 2.24) is 0 Å². The van der Waals surface area contributed by atoms with Gasteiger partial charge >= 0.3 is 0 Å². The molecule has 5 heteroatoms. The van der Waals surface area contributed by atoms with Crippen molar-refractivity contribution in [2.45, 2.75) is 12.8 Å². The number of ketones is 2. The van der Waals surface area contributed by atoms with Crippen LogP contribution in [0.15, 0.2) is 60.7 Å². The van der Waals surface area contributed by atoms with Crippen LogP contribution < -0.4 is 0 Å². The third kappa shape index (κ3) is 4.10. The highest BCUT2D eigenvalue weighted by molar-refractivity contribution is 6.10. The summed E-state index contributed by atoms with van der Waals surface area (Å²) in [5, 5.41) is 11.1. The summed E-state index contributed by atoms with van der Waals surface area (Å²) < 4.78 is 0. The molecule has 5 nitrogen and oxygen atoms in total. The van der Waals surface area contributed by atoms with Crippen molar-refractivity contribution in [2.75, 3.05) is 6.54 Å². The fraction of sp³-hybridized carbons (Fsp3) is 0.222. The van der Waals surface area contributed by atoms with Gasteiger partial charge in [-0.15, -0.1) is 0 Å². The molecule has 23 heavy (non-hydrogen) atoms. The van der Waals surface area contributed by atoms with Crippen LogP contribution in [0.1, 0.15) is 28.8 Å². The molecule has 0 unspecified atom stereocenters. The van der Waals surface area contributed by atoms with Crippen molar-refractivity contribution < 1.29 is 14.5 Å². The molecule has 0 radical (unpaired) electrons. The second-order valence-electron chi connectivity index (χ2n) is 5.35. The van der Waals surface area contributed by atoms with E-state index in [1.54, 1.807) is 60.7 Å². The molecule has 0 heterocycles. The molecule has 2 rings (SSSR count). The minimum Gasteiger partial charge on any atom is -0.299 e. The minimum absolute atomic E-state index is 0.366. The monoisotopic (exact) mass is 311 g/mol. The zero-order valence-electron chi connectivity index (χ0n) is 12.7. The van der Waals surface area contributed by atoms with Crippen LogP contribution in [-0.2, 0) is 4.79 Å². The maximum absolute atomic E-state index is 12.7. The van der Waals surface area contributed by atoms with Crippen LogP contribution in [0.5, 0.6) is 0 Å². The molecule has 0 bridgehead atoms. The lowest BCUT2D eigenvalue weighted by molar-refractivity contribution is -0.484. The lowest BCUT2D eigenvalue weighted by Crippen LogP contribution is -2.32. The molecule has 2 aromatic carbocycles. The van der Waals surface area contributed by atoms with Crippen molar-refractivity contribution in [1.29, 1.82) is 0 Å². The molecule has 0 fully saturated rings. The van der Waals surface area contributed by atoms with Gasteiger partial charge in [0.2, 0.25) is 6.54 Å². The first kappa shape index (κ1) is 16.5. The van der Waals surface area contributed by atoms with Gasteiger partial charge in [-0.1, -0.05) is 60.7 Å². The summed E-state index contributed by atoms with van der Waals surface area (Å²) in [7, 11) is 0. The first-order valence-corrected chi connectivity index (χ1v) is 7.27. The molecule has 0 aliphatic carbocycles. The molecular weight excluding hydrogens is 294 g/mol. The van der Waals surface area contributed by atoms with E-state index in [-0.39, 0.29) is 11.6 Å². The van der Waals surface area contributed by atoms with E-state index in [4.69, 9.17) is 0 Å². The third-order valence-corrected chi connectivity index (χ3v) is 3.75. The SMILES string of the molecule is CC(=O)[C@@H](C(=O)c1ccccc1)[C@@H](C[N+](=O)[O-])c1ccccc1. The fourth-order valence-electron chi connectivity index (χ4n) is 2.70. The molecule has 0 aliphatic heterocycles. The van der Waals surface area contributed by atoms with Crippen molar-refractivity contribution in [2.24, 2.45) is 5.92 Å². The quantitative estimate of drug-likeness (QED) is 0.340. The molecule has 0 spiro atoms. The number of hydrogen-bond acceptors (Lipinski definition) is 4. The average Bonchev–Trinajstić information content (AvgIpc) is 2.55. The summed E-state index contributed by atoms with van der Waals surface area (Å²) in [6.07, 6.45) is 0.